The van der Waals surface area contributed by atoms with E-state index in [4.69, 9.17) is 0 Å². The van der Waals surface area contributed by atoms with Crippen LogP contribution < -0.4 is 0 Å². The zero-order chi connectivity index (χ0) is 64.7. The summed E-state index contributed by atoms with van der Waals surface area (Å²) in [4.78, 5) is 0. The van der Waals surface area contributed by atoms with Crippen LogP contribution >= 0.6 is 34.0 Å². The Morgan fingerprint density at radius 1 is 0.222 bits per heavy atom. The third-order valence-electron chi connectivity index (χ3n) is 21.0. The highest BCUT2D eigenvalue weighted by molar-refractivity contribution is 7.27. The largest absolute Gasteiger partial charge is 0.309 e. The molecule has 5 nitrogen and oxygen atoms in total. The Kier molecular flexibility index (Phi) is 11.5. The van der Waals surface area contributed by atoms with E-state index in [9.17, 15) is 5.26 Å². The van der Waals surface area contributed by atoms with Crippen molar-refractivity contribution in [2.24, 2.45) is 0 Å². The molecule has 0 radical (unpaired) electrons. The van der Waals surface area contributed by atoms with Gasteiger partial charge in [-0.15, -0.1) is 34.0 Å². The molecule has 0 N–H and O–H groups in total. The van der Waals surface area contributed by atoms with Crippen LogP contribution in [0.3, 0.4) is 0 Å². The smallest absolute Gasteiger partial charge is 0.0991 e. The van der Waals surface area contributed by atoms with Gasteiger partial charge in [-0.3, -0.25) is 0 Å². The van der Waals surface area contributed by atoms with Gasteiger partial charge in [0.2, 0.25) is 0 Å². The molecule has 0 aliphatic rings. The molecule has 0 saturated heterocycles. The van der Waals surface area contributed by atoms with Gasteiger partial charge in [-0.25, -0.2) is 0 Å². The van der Waals surface area contributed by atoms with Gasteiger partial charge in [0, 0.05) is 105 Å². The van der Waals surface area contributed by atoms with Crippen LogP contribution in [-0.2, 0) is 0 Å². The standard InChI is InChI=1S/C91H51N5S3/c92-52-53-31-38-60(39-32-53)93-73-22-7-1-15-61(73)68-45-54(33-40-76(68)93)57-36-43-79-71(48-57)72-49-58(37-44-80(72)95(79)82-26-13-21-65-64-18-4-10-27-84(64)99-91(65)82)59-50-83(90-67-20-6-12-29-86(67)98-88(90)51-59)96-75-24-9-3-17-63(75)70-47-56(35-42-78(70)96)55-34-41-77-69(46-55)62-16-2-8-23-74(62)94(77)81-25-14-30-87-89(81)66-19-5-11-28-85(66)97-87/h1-51H. The quantitative estimate of drug-likeness (QED) is 0.157. The lowest BCUT2D eigenvalue weighted by Crippen LogP contribution is -1.96. The fourth-order valence-corrected chi connectivity index (χ4v) is 20.1. The molecular formula is C91H51N5S3. The van der Waals surface area contributed by atoms with Crippen LogP contribution in [0.4, 0.5) is 0 Å². The maximum atomic E-state index is 9.67. The molecule has 0 aliphatic heterocycles. The zero-order valence-corrected chi connectivity index (χ0v) is 55.4. The van der Waals surface area contributed by atoms with Gasteiger partial charge in [-0.2, -0.15) is 5.26 Å². The molecule has 7 aromatic heterocycles. The number of benzene rings is 15. The molecule has 0 atom stereocenters. The topological polar surface area (TPSA) is 43.5 Å². The monoisotopic (exact) mass is 1310 g/mol. The number of fused-ring (bicyclic) bond motifs is 21. The van der Waals surface area contributed by atoms with Gasteiger partial charge in [-0.05, 0) is 185 Å². The van der Waals surface area contributed by atoms with E-state index in [2.05, 4.69) is 309 Å². The molecule has 8 heteroatoms. The third-order valence-corrected chi connectivity index (χ3v) is 24.4. The van der Waals surface area contributed by atoms with E-state index in [1.807, 2.05) is 58.3 Å². The summed E-state index contributed by atoms with van der Waals surface area (Å²) in [5.41, 5.74) is 21.5. The highest BCUT2D eigenvalue weighted by Crippen LogP contribution is 2.49. The summed E-state index contributed by atoms with van der Waals surface area (Å²) < 4.78 is 17.5. The molecule has 0 fully saturated rings. The second-order valence-corrected chi connectivity index (χ2v) is 29.4. The molecule has 22 aromatic rings. The molecule has 7 heterocycles. The highest BCUT2D eigenvalue weighted by atomic mass is 32.1. The Balaban J connectivity index is 0.726. The summed E-state index contributed by atoms with van der Waals surface area (Å²) in [5.74, 6) is 0. The normalized spacial score (nSPS) is 12.2. The molecule has 0 spiro atoms. The first kappa shape index (κ1) is 54.9. The van der Waals surface area contributed by atoms with Crippen LogP contribution in [0.1, 0.15) is 5.56 Å². The van der Waals surface area contributed by atoms with Crippen molar-refractivity contribution in [1.29, 1.82) is 5.26 Å². The number of nitrogens with zero attached hydrogens (tertiary/aromatic N) is 5. The fourth-order valence-electron chi connectivity index (χ4n) is 16.6. The van der Waals surface area contributed by atoms with Gasteiger partial charge in [0.15, 0.2) is 0 Å². The Bertz CT molecular complexity index is 7310. The summed E-state index contributed by atoms with van der Waals surface area (Å²) in [6.07, 6.45) is 0. The second-order valence-electron chi connectivity index (χ2n) is 26.2. The van der Waals surface area contributed by atoms with Gasteiger partial charge in [0.1, 0.15) is 0 Å². The van der Waals surface area contributed by atoms with Crippen molar-refractivity contribution >= 4 is 182 Å². The number of aromatic nitrogens is 4. The first-order valence-corrected chi connectivity index (χ1v) is 35.9. The molecule has 22 rings (SSSR count). The zero-order valence-electron chi connectivity index (χ0n) is 52.9. The van der Waals surface area contributed by atoms with Gasteiger partial charge in [-0.1, -0.05) is 158 Å². The van der Waals surface area contributed by atoms with Gasteiger partial charge in [0.25, 0.3) is 0 Å². The van der Waals surface area contributed by atoms with Crippen molar-refractivity contribution in [3.8, 4) is 62.2 Å². The Morgan fingerprint density at radius 3 is 1.12 bits per heavy atom. The summed E-state index contributed by atoms with van der Waals surface area (Å²) in [5, 5.41) is 27.0. The molecule has 0 amide bonds. The van der Waals surface area contributed by atoms with Crippen molar-refractivity contribution in [3.63, 3.8) is 0 Å². The predicted molar refractivity (Wildman–Crippen MR) is 423 cm³/mol. The van der Waals surface area contributed by atoms with E-state index < -0.39 is 0 Å². The second kappa shape index (κ2) is 20.8. The van der Waals surface area contributed by atoms with E-state index in [0.717, 1.165) is 50.0 Å². The summed E-state index contributed by atoms with van der Waals surface area (Å²) >= 11 is 5.62. The maximum Gasteiger partial charge on any atom is 0.0991 e. The number of hydrogen-bond acceptors (Lipinski definition) is 4. The van der Waals surface area contributed by atoms with Crippen molar-refractivity contribution in [3.05, 3.63) is 315 Å². The lowest BCUT2D eigenvalue weighted by molar-refractivity contribution is 1.18. The Labute approximate surface area is 578 Å². The number of para-hydroxylation sites is 3. The lowest BCUT2D eigenvalue weighted by atomic mass is 9.98. The van der Waals surface area contributed by atoms with Gasteiger partial charge < -0.3 is 18.3 Å². The first-order valence-electron chi connectivity index (χ1n) is 33.5. The predicted octanol–water partition coefficient (Wildman–Crippen LogP) is 26.1. The number of rotatable bonds is 7. The van der Waals surface area contributed by atoms with E-state index >= 15 is 0 Å². The summed E-state index contributed by atoms with van der Waals surface area (Å²) in [6.45, 7) is 0. The minimum absolute atomic E-state index is 0.645. The summed E-state index contributed by atoms with van der Waals surface area (Å²) in [6, 6.07) is 117. The van der Waals surface area contributed by atoms with E-state index in [1.165, 1.54) is 154 Å². The van der Waals surface area contributed by atoms with E-state index in [0.29, 0.717) is 5.56 Å². The number of nitriles is 1. The van der Waals surface area contributed by atoms with Crippen LogP contribution in [0.5, 0.6) is 0 Å². The number of thiophene rings is 3. The van der Waals surface area contributed by atoms with Gasteiger partial charge in [0.05, 0.1) is 77.5 Å². The minimum atomic E-state index is 0.645. The van der Waals surface area contributed by atoms with Crippen LogP contribution in [0.15, 0.2) is 309 Å². The van der Waals surface area contributed by atoms with Crippen molar-refractivity contribution in [2.45, 2.75) is 0 Å². The maximum absolute atomic E-state index is 9.67. The molecular weight excluding hydrogens is 1260 g/mol. The summed E-state index contributed by atoms with van der Waals surface area (Å²) in [7, 11) is 0. The van der Waals surface area contributed by atoms with Gasteiger partial charge >= 0.3 is 0 Å². The SMILES string of the molecule is N#Cc1ccc(-n2c3ccccc3c3cc(-c4ccc5c(c4)c4cc(-c6cc(-n7c8ccccc8c8cc(-c9ccc%10c(c9)c9ccccc9n%10-c9cccc%10sc%11ccccc%11c9%10)ccc87)c7c(c6)sc6ccccc67)ccc4n5-c4cccc5c4sc4ccccc45)ccc32)cc1. The third kappa shape index (κ3) is 7.95. The minimum Gasteiger partial charge on any atom is -0.309 e. The highest BCUT2D eigenvalue weighted by Gasteiger charge is 2.24. The average Bonchev–Trinajstić information content (AvgIpc) is 1.59. The average molecular weight is 1310 g/mol. The lowest BCUT2D eigenvalue weighted by Gasteiger charge is -2.14. The van der Waals surface area contributed by atoms with Crippen molar-refractivity contribution in [1.82, 2.24) is 18.3 Å². The Morgan fingerprint density at radius 2 is 0.586 bits per heavy atom. The van der Waals surface area contributed by atoms with Crippen molar-refractivity contribution < 1.29 is 0 Å². The number of hydrogen-bond donors (Lipinski definition) is 0. The molecule has 0 aliphatic carbocycles. The molecule has 99 heavy (non-hydrogen) atoms. The molecule has 0 unspecified atom stereocenters. The molecule has 15 aromatic carbocycles. The van der Waals surface area contributed by atoms with Crippen LogP contribution in [0.2, 0.25) is 0 Å². The van der Waals surface area contributed by atoms with Crippen LogP contribution in [-0.4, -0.2) is 18.3 Å². The molecule has 0 bridgehead atoms. The molecule has 458 valence electrons. The first-order chi connectivity index (χ1) is 49.0. The van der Waals surface area contributed by atoms with Crippen molar-refractivity contribution in [2.75, 3.05) is 0 Å². The fraction of sp³-hybridized carbons (Fsp3) is 0. The molecule has 0 saturated carbocycles. The van der Waals surface area contributed by atoms with Crippen LogP contribution in [0.25, 0.3) is 204 Å². The van der Waals surface area contributed by atoms with Crippen LogP contribution in [0, 0.1) is 11.3 Å². The van der Waals surface area contributed by atoms with E-state index in [1.54, 1.807) is 0 Å². The van der Waals surface area contributed by atoms with E-state index in [-0.39, 0.29) is 0 Å². The Hall–Kier alpha value is -12.4.